The maximum Gasteiger partial charge on any atom is 0.472 e. The van der Waals surface area contributed by atoms with Crippen molar-refractivity contribution in [3.8, 4) is 0 Å². The Labute approximate surface area is 637 Å². The smallest absolute Gasteiger partial charge is 0.462 e. The number of rotatable bonds is 81. The molecule has 17 nitrogen and oxygen atoms in total. The van der Waals surface area contributed by atoms with Gasteiger partial charge in [-0.15, -0.1) is 0 Å². The van der Waals surface area contributed by atoms with Gasteiger partial charge in [-0.25, -0.2) is 9.13 Å². The van der Waals surface area contributed by atoms with Gasteiger partial charge in [0.15, 0.2) is 12.2 Å². The van der Waals surface area contributed by atoms with Gasteiger partial charge in [-0.3, -0.25) is 37.3 Å². The van der Waals surface area contributed by atoms with E-state index in [1.807, 2.05) is 0 Å². The highest BCUT2D eigenvalue weighted by molar-refractivity contribution is 7.47. The molecule has 0 aromatic carbocycles. The molecule has 0 bridgehead atoms. The molecule has 19 heteroatoms. The topological polar surface area (TPSA) is 237 Å². The van der Waals surface area contributed by atoms with E-state index >= 15 is 0 Å². The zero-order valence-electron chi connectivity index (χ0n) is 68.0. The third-order valence-electron chi connectivity index (χ3n) is 20.0. The van der Waals surface area contributed by atoms with Gasteiger partial charge in [-0.2, -0.15) is 0 Å². The van der Waals surface area contributed by atoms with E-state index in [0.29, 0.717) is 25.7 Å². The molecule has 104 heavy (non-hydrogen) atoms. The molecule has 0 radical (unpaired) electrons. The van der Waals surface area contributed by atoms with Crippen molar-refractivity contribution in [1.29, 1.82) is 0 Å². The number of phosphoric ester groups is 2. The summed E-state index contributed by atoms with van der Waals surface area (Å²) in [5.41, 5.74) is 0. The molecule has 4 unspecified atom stereocenters. The number of unbranched alkanes of at least 4 members (excludes halogenated alkanes) is 44. The summed E-state index contributed by atoms with van der Waals surface area (Å²) in [4.78, 5) is 73.2. The van der Waals surface area contributed by atoms with E-state index in [0.717, 1.165) is 127 Å². The van der Waals surface area contributed by atoms with Crippen molar-refractivity contribution in [2.24, 2.45) is 17.8 Å². The lowest BCUT2D eigenvalue weighted by Gasteiger charge is -2.21. The average molecular weight is 1520 g/mol. The molecule has 0 aliphatic carbocycles. The monoisotopic (exact) mass is 1520 g/mol. The SMILES string of the molecule is CCCCCC/C=C\C=C/CCCCCCCC(=O)OC[C@H](COP(=O)(O)OC[C@@H](O)COP(=O)(O)OC[C@@H](COC(=O)CCCCCCCCCCC(C)CC)OC(=O)CCCCCCCCCCCCCCC(C)C)OC(=O)CCCCCCCCCCCCCCCCCCCCC(C)CC. The van der Waals surface area contributed by atoms with Crippen LogP contribution in [0.25, 0.3) is 0 Å². The van der Waals surface area contributed by atoms with Crippen LogP contribution in [0.1, 0.15) is 421 Å². The molecule has 0 amide bonds. The van der Waals surface area contributed by atoms with Gasteiger partial charge in [-0.05, 0) is 69.1 Å². The van der Waals surface area contributed by atoms with Crippen LogP contribution in [0, 0.1) is 17.8 Å². The number of hydrogen-bond donors (Lipinski definition) is 3. The highest BCUT2D eigenvalue weighted by Crippen LogP contribution is 2.45. The largest absolute Gasteiger partial charge is 0.472 e. The number of allylic oxidation sites excluding steroid dienone is 4. The summed E-state index contributed by atoms with van der Waals surface area (Å²) in [5.74, 6) is 0.284. The van der Waals surface area contributed by atoms with Gasteiger partial charge < -0.3 is 33.8 Å². The van der Waals surface area contributed by atoms with Gasteiger partial charge in [0.25, 0.3) is 0 Å². The molecule has 0 fully saturated rings. The molecule has 0 aliphatic rings. The quantitative estimate of drug-likeness (QED) is 0.0169. The van der Waals surface area contributed by atoms with Gasteiger partial charge in [-0.1, -0.05) is 368 Å². The van der Waals surface area contributed by atoms with E-state index < -0.39 is 97.5 Å². The maximum atomic E-state index is 13.1. The van der Waals surface area contributed by atoms with E-state index in [2.05, 4.69) is 72.8 Å². The number of esters is 4. The average Bonchev–Trinajstić information content (AvgIpc) is 0.903. The standard InChI is InChI=1S/C85H162O17P2/c1-8-11-12-13-14-15-16-17-22-26-32-37-45-52-59-66-82(87)95-72-80(101-84(89)68-61-54-47-38-33-27-24-21-19-18-20-23-25-31-36-43-50-57-64-77(6)9-2)74-99-103(91,92)97-70-79(86)71-98-104(93,94)100-75-81(73-96-83(88)67-60-53-46-41-40-44-51-58-65-78(7)10-3)102-85(90)69-62-55-48-39-34-29-28-30-35-42-49-56-63-76(4)5/h15-17,22,76-81,86H,8-14,18-21,23-75H2,1-7H3,(H,91,92)(H,93,94)/b16-15-,22-17-/t77?,78?,79-,80-,81-/m1/s1. The minimum absolute atomic E-state index is 0.101. The lowest BCUT2D eigenvalue weighted by Crippen LogP contribution is -2.30. The molecule has 614 valence electrons. The minimum Gasteiger partial charge on any atom is -0.462 e. The number of aliphatic hydroxyl groups is 1. The fraction of sp³-hybridized carbons (Fsp3) is 0.906. The van der Waals surface area contributed by atoms with Crippen LogP contribution in [-0.2, 0) is 65.4 Å². The van der Waals surface area contributed by atoms with Gasteiger partial charge in [0.05, 0.1) is 26.4 Å². The van der Waals surface area contributed by atoms with Crippen molar-refractivity contribution < 1.29 is 80.2 Å². The van der Waals surface area contributed by atoms with Crippen LogP contribution in [0.3, 0.4) is 0 Å². The van der Waals surface area contributed by atoms with Crippen LogP contribution in [0.5, 0.6) is 0 Å². The third-order valence-corrected chi connectivity index (χ3v) is 21.9. The molecule has 0 aromatic rings. The Kier molecular flexibility index (Phi) is 72.9. The van der Waals surface area contributed by atoms with Gasteiger partial charge in [0.2, 0.25) is 0 Å². The Balaban J connectivity index is 5.27. The molecular weight excluding hydrogens is 1350 g/mol. The normalized spacial score (nSPS) is 14.6. The van der Waals surface area contributed by atoms with Crippen molar-refractivity contribution in [3.05, 3.63) is 24.3 Å². The molecule has 0 aliphatic heterocycles. The molecule has 7 atom stereocenters. The predicted molar refractivity (Wildman–Crippen MR) is 427 cm³/mol. The number of phosphoric acid groups is 2. The summed E-state index contributed by atoms with van der Waals surface area (Å²) in [5, 5.41) is 10.7. The Hall–Kier alpha value is -2.46. The van der Waals surface area contributed by atoms with Gasteiger partial charge >= 0.3 is 39.5 Å². The Morgan fingerprint density at radius 2 is 0.567 bits per heavy atom. The third kappa shape index (κ3) is 75.0. The molecule has 0 saturated carbocycles. The van der Waals surface area contributed by atoms with Crippen LogP contribution >= 0.6 is 15.6 Å². The maximum absolute atomic E-state index is 13.1. The van der Waals surface area contributed by atoms with E-state index in [9.17, 15) is 43.2 Å². The minimum atomic E-state index is -4.97. The Morgan fingerprint density at radius 3 is 0.856 bits per heavy atom. The summed E-state index contributed by atoms with van der Waals surface area (Å²) in [7, 11) is -9.94. The number of ether oxygens (including phenoxy) is 4. The first-order valence-electron chi connectivity index (χ1n) is 43.2. The van der Waals surface area contributed by atoms with Crippen LogP contribution < -0.4 is 0 Å². The van der Waals surface area contributed by atoms with Crippen molar-refractivity contribution in [1.82, 2.24) is 0 Å². The van der Waals surface area contributed by atoms with E-state index in [1.54, 1.807) is 0 Å². The second-order valence-electron chi connectivity index (χ2n) is 30.8. The summed E-state index contributed by atoms with van der Waals surface area (Å²) in [6.45, 7) is 12.0. The summed E-state index contributed by atoms with van der Waals surface area (Å²) in [6.07, 6.45) is 67.3. The summed E-state index contributed by atoms with van der Waals surface area (Å²) < 4.78 is 68.8. The fourth-order valence-corrected chi connectivity index (χ4v) is 14.2. The number of aliphatic hydroxyl groups excluding tert-OH is 1. The second kappa shape index (κ2) is 74.6. The van der Waals surface area contributed by atoms with Crippen molar-refractivity contribution in [2.75, 3.05) is 39.6 Å². The molecule has 0 aromatic heterocycles. The van der Waals surface area contributed by atoms with Crippen LogP contribution in [0.2, 0.25) is 0 Å². The fourth-order valence-electron chi connectivity index (χ4n) is 12.6. The van der Waals surface area contributed by atoms with E-state index in [-0.39, 0.29) is 25.7 Å². The summed E-state index contributed by atoms with van der Waals surface area (Å²) >= 11 is 0. The zero-order valence-corrected chi connectivity index (χ0v) is 69.8. The highest BCUT2D eigenvalue weighted by atomic mass is 31.2. The number of hydrogen-bond acceptors (Lipinski definition) is 15. The van der Waals surface area contributed by atoms with Crippen molar-refractivity contribution >= 4 is 39.5 Å². The predicted octanol–water partition coefficient (Wildman–Crippen LogP) is 25.3. The van der Waals surface area contributed by atoms with E-state index in [4.69, 9.17) is 37.0 Å². The molecule has 0 rings (SSSR count). The van der Waals surface area contributed by atoms with Crippen LogP contribution in [-0.4, -0.2) is 96.7 Å². The van der Waals surface area contributed by atoms with Crippen molar-refractivity contribution in [3.63, 3.8) is 0 Å². The summed E-state index contributed by atoms with van der Waals surface area (Å²) in [6, 6.07) is 0. The van der Waals surface area contributed by atoms with Crippen LogP contribution in [0.4, 0.5) is 0 Å². The van der Waals surface area contributed by atoms with E-state index in [1.165, 1.54) is 212 Å². The molecule has 0 heterocycles. The first-order valence-corrected chi connectivity index (χ1v) is 46.2. The Morgan fingerprint density at radius 1 is 0.317 bits per heavy atom. The van der Waals surface area contributed by atoms with Crippen LogP contribution in [0.15, 0.2) is 24.3 Å². The van der Waals surface area contributed by atoms with Gasteiger partial charge in [0, 0.05) is 25.7 Å². The Bertz CT molecular complexity index is 2110. The lowest BCUT2D eigenvalue weighted by molar-refractivity contribution is -0.161. The molecular formula is C85H162O17P2. The molecule has 0 saturated heterocycles. The van der Waals surface area contributed by atoms with Crippen molar-refractivity contribution in [2.45, 2.75) is 439 Å². The second-order valence-corrected chi connectivity index (χ2v) is 33.8. The molecule has 3 N–H and O–H groups in total. The first-order chi connectivity index (χ1) is 50.3. The zero-order chi connectivity index (χ0) is 76.5. The number of carbonyl (C=O) groups is 4. The lowest BCUT2D eigenvalue weighted by atomic mass is 9.99. The first kappa shape index (κ1) is 102. The molecule has 0 spiro atoms. The van der Waals surface area contributed by atoms with Gasteiger partial charge in [0.1, 0.15) is 19.3 Å². The highest BCUT2D eigenvalue weighted by Gasteiger charge is 2.30. The number of carbonyl (C=O) groups excluding carboxylic acids is 4.